The lowest BCUT2D eigenvalue weighted by atomic mass is 10.3. The molecule has 0 radical (unpaired) electrons. The second-order valence-electron chi connectivity index (χ2n) is 3.60. The van der Waals surface area contributed by atoms with E-state index in [-0.39, 0.29) is 5.91 Å². The van der Waals surface area contributed by atoms with Crippen molar-refractivity contribution >= 4 is 34.8 Å². The summed E-state index contributed by atoms with van der Waals surface area (Å²) in [6, 6.07) is 5.10. The Morgan fingerprint density at radius 1 is 1.53 bits per heavy atom. The van der Waals surface area contributed by atoms with Crippen molar-refractivity contribution in [3.05, 3.63) is 23.2 Å². The number of ether oxygens (including phenoxy) is 1. The van der Waals surface area contributed by atoms with E-state index in [0.29, 0.717) is 23.1 Å². The van der Waals surface area contributed by atoms with E-state index < -0.39 is 5.38 Å². The second kappa shape index (κ2) is 6.72. The number of rotatable bonds is 5. The summed E-state index contributed by atoms with van der Waals surface area (Å²) in [6.45, 7) is 4.24. The van der Waals surface area contributed by atoms with Crippen LogP contribution in [-0.2, 0) is 4.79 Å². The number of alkyl halides is 1. The number of amides is 1. The summed E-state index contributed by atoms with van der Waals surface area (Å²) in [5, 5.41) is 2.55. The van der Waals surface area contributed by atoms with E-state index in [1.54, 1.807) is 25.1 Å². The third-order valence-electron chi connectivity index (χ3n) is 2.02. The number of nitrogens with one attached hydrogen (secondary N) is 1. The SMILES string of the molecule is CCCOc1ccc(NC(=O)C(C)Cl)cc1Cl. The molecule has 0 aliphatic carbocycles. The highest BCUT2D eigenvalue weighted by molar-refractivity contribution is 6.33. The quantitative estimate of drug-likeness (QED) is 0.833. The van der Waals surface area contributed by atoms with E-state index in [9.17, 15) is 4.79 Å². The molecule has 0 saturated carbocycles. The van der Waals surface area contributed by atoms with Gasteiger partial charge in [0.25, 0.3) is 0 Å². The van der Waals surface area contributed by atoms with Crippen molar-refractivity contribution in [1.29, 1.82) is 0 Å². The summed E-state index contributed by atoms with van der Waals surface area (Å²) >= 11 is 11.7. The molecule has 94 valence electrons. The highest BCUT2D eigenvalue weighted by Gasteiger charge is 2.10. The molecule has 0 heterocycles. The first-order valence-electron chi connectivity index (χ1n) is 5.42. The molecule has 1 amide bonds. The molecule has 1 aromatic carbocycles. The van der Waals surface area contributed by atoms with Crippen LogP contribution in [0.2, 0.25) is 5.02 Å². The second-order valence-corrected chi connectivity index (χ2v) is 4.66. The Morgan fingerprint density at radius 3 is 2.76 bits per heavy atom. The summed E-state index contributed by atoms with van der Waals surface area (Å²) in [6.07, 6.45) is 0.915. The average molecular weight is 276 g/mol. The summed E-state index contributed by atoms with van der Waals surface area (Å²) in [7, 11) is 0. The highest BCUT2D eigenvalue weighted by Crippen LogP contribution is 2.27. The summed E-state index contributed by atoms with van der Waals surface area (Å²) in [5.41, 5.74) is 0.608. The van der Waals surface area contributed by atoms with E-state index in [0.717, 1.165) is 6.42 Å². The number of hydrogen-bond donors (Lipinski definition) is 1. The lowest BCUT2D eigenvalue weighted by molar-refractivity contribution is -0.115. The predicted molar refractivity (Wildman–Crippen MR) is 71.2 cm³/mol. The number of halogens is 2. The van der Waals surface area contributed by atoms with Crippen LogP contribution in [-0.4, -0.2) is 17.9 Å². The third kappa shape index (κ3) is 4.44. The lowest BCUT2D eigenvalue weighted by Crippen LogP contribution is -2.20. The van der Waals surface area contributed by atoms with Crippen LogP contribution in [0.4, 0.5) is 5.69 Å². The van der Waals surface area contributed by atoms with E-state index >= 15 is 0 Å². The standard InChI is InChI=1S/C12H15Cl2NO2/c1-3-6-17-11-5-4-9(7-10(11)14)15-12(16)8(2)13/h4-5,7-8H,3,6H2,1-2H3,(H,15,16). The van der Waals surface area contributed by atoms with Crippen LogP contribution in [0.1, 0.15) is 20.3 Å². The van der Waals surface area contributed by atoms with Crippen molar-refractivity contribution in [2.45, 2.75) is 25.6 Å². The van der Waals surface area contributed by atoms with Gasteiger partial charge in [0.2, 0.25) is 5.91 Å². The van der Waals surface area contributed by atoms with Gasteiger partial charge in [0.05, 0.1) is 11.6 Å². The van der Waals surface area contributed by atoms with E-state index in [4.69, 9.17) is 27.9 Å². The van der Waals surface area contributed by atoms with Crippen molar-refractivity contribution < 1.29 is 9.53 Å². The molecule has 17 heavy (non-hydrogen) atoms. The van der Waals surface area contributed by atoms with Gasteiger partial charge in [0.1, 0.15) is 11.1 Å². The molecular formula is C12H15Cl2NO2. The van der Waals surface area contributed by atoms with Gasteiger partial charge in [-0.1, -0.05) is 18.5 Å². The maximum atomic E-state index is 11.4. The van der Waals surface area contributed by atoms with Crippen molar-refractivity contribution in [2.75, 3.05) is 11.9 Å². The molecule has 1 aromatic rings. The third-order valence-corrected chi connectivity index (χ3v) is 2.52. The van der Waals surface area contributed by atoms with Crippen LogP contribution in [0.15, 0.2) is 18.2 Å². The molecule has 5 heteroatoms. The minimum absolute atomic E-state index is 0.259. The van der Waals surface area contributed by atoms with Crippen molar-refractivity contribution in [1.82, 2.24) is 0 Å². The zero-order chi connectivity index (χ0) is 12.8. The number of carbonyl (C=O) groups excluding carboxylic acids is 1. The van der Waals surface area contributed by atoms with Crippen LogP contribution in [0.25, 0.3) is 0 Å². The molecule has 0 spiro atoms. The van der Waals surface area contributed by atoms with E-state index in [1.807, 2.05) is 6.92 Å². The molecule has 1 N–H and O–H groups in total. The average Bonchev–Trinajstić information content (AvgIpc) is 2.28. The van der Waals surface area contributed by atoms with Crippen LogP contribution < -0.4 is 10.1 Å². The van der Waals surface area contributed by atoms with Crippen molar-refractivity contribution in [2.24, 2.45) is 0 Å². The molecule has 1 unspecified atom stereocenters. The topological polar surface area (TPSA) is 38.3 Å². The highest BCUT2D eigenvalue weighted by atomic mass is 35.5. The molecule has 1 atom stereocenters. The van der Waals surface area contributed by atoms with Crippen LogP contribution in [0.3, 0.4) is 0 Å². The van der Waals surface area contributed by atoms with Gasteiger partial charge in [-0.25, -0.2) is 0 Å². The molecule has 0 bridgehead atoms. The van der Waals surface area contributed by atoms with Gasteiger partial charge in [0, 0.05) is 5.69 Å². The minimum Gasteiger partial charge on any atom is -0.492 e. The van der Waals surface area contributed by atoms with E-state index in [2.05, 4.69) is 5.32 Å². The fraction of sp³-hybridized carbons (Fsp3) is 0.417. The van der Waals surface area contributed by atoms with Gasteiger partial charge in [0.15, 0.2) is 0 Å². The normalized spacial score (nSPS) is 12.0. The summed E-state index contributed by atoms with van der Waals surface area (Å²) in [5.74, 6) is 0.357. The van der Waals surface area contributed by atoms with Gasteiger partial charge < -0.3 is 10.1 Å². The molecule has 0 saturated heterocycles. The Morgan fingerprint density at radius 2 is 2.24 bits per heavy atom. The maximum absolute atomic E-state index is 11.4. The molecule has 0 aliphatic rings. The molecule has 0 aromatic heterocycles. The van der Waals surface area contributed by atoms with Crippen LogP contribution in [0, 0.1) is 0 Å². The molecule has 0 fully saturated rings. The Labute approximate surface area is 111 Å². The van der Waals surface area contributed by atoms with Crippen LogP contribution >= 0.6 is 23.2 Å². The first kappa shape index (κ1) is 14.1. The minimum atomic E-state index is -0.579. The number of carbonyl (C=O) groups is 1. The largest absolute Gasteiger partial charge is 0.492 e. The summed E-state index contributed by atoms with van der Waals surface area (Å²) < 4.78 is 5.42. The lowest BCUT2D eigenvalue weighted by Gasteiger charge is -2.10. The van der Waals surface area contributed by atoms with Crippen molar-refractivity contribution in [3.63, 3.8) is 0 Å². The van der Waals surface area contributed by atoms with Gasteiger partial charge >= 0.3 is 0 Å². The maximum Gasteiger partial charge on any atom is 0.242 e. The summed E-state index contributed by atoms with van der Waals surface area (Å²) in [4.78, 5) is 11.4. The molecule has 3 nitrogen and oxygen atoms in total. The monoisotopic (exact) mass is 275 g/mol. The Balaban J connectivity index is 2.71. The zero-order valence-electron chi connectivity index (χ0n) is 9.80. The smallest absolute Gasteiger partial charge is 0.242 e. The number of anilines is 1. The fourth-order valence-corrected chi connectivity index (χ4v) is 1.44. The fourth-order valence-electron chi connectivity index (χ4n) is 1.15. The molecule has 1 rings (SSSR count). The van der Waals surface area contributed by atoms with Gasteiger partial charge in [-0.2, -0.15) is 0 Å². The number of hydrogen-bond acceptors (Lipinski definition) is 2. The number of benzene rings is 1. The molecule has 0 aliphatic heterocycles. The first-order chi connectivity index (χ1) is 8.04. The Kier molecular flexibility index (Phi) is 5.59. The van der Waals surface area contributed by atoms with Crippen molar-refractivity contribution in [3.8, 4) is 5.75 Å². The molecular weight excluding hydrogens is 261 g/mol. The van der Waals surface area contributed by atoms with E-state index in [1.165, 1.54) is 0 Å². The zero-order valence-corrected chi connectivity index (χ0v) is 11.3. The predicted octanol–water partition coefficient (Wildman–Crippen LogP) is 3.69. The van der Waals surface area contributed by atoms with Gasteiger partial charge in [-0.15, -0.1) is 11.6 Å². The van der Waals surface area contributed by atoms with Crippen LogP contribution in [0.5, 0.6) is 5.75 Å². The first-order valence-corrected chi connectivity index (χ1v) is 6.23. The Bertz CT molecular complexity index is 394. The van der Waals surface area contributed by atoms with Gasteiger partial charge in [-0.3, -0.25) is 4.79 Å². The Hall–Kier alpha value is -0.930. The van der Waals surface area contributed by atoms with Gasteiger partial charge in [-0.05, 0) is 31.5 Å².